The van der Waals surface area contributed by atoms with Crippen LogP contribution in [0.3, 0.4) is 0 Å². The Morgan fingerprint density at radius 1 is 1.00 bits per heavy atom. The van der Waals surface area contributed by atoms with Gasteiger partial charge in [0, 0.05) is 20.3 Å². The highest BCUT2D eigenvalue weighted by atomic mass is 16.7. The van der Waals surface area contributed by atoms with Crippen LogP contribution >= 0.6 is 0 Å². The second-order valence-electron chi connectivity index (χ2n) is 14.7. The van der Waals surface area contributed by atoms with Gasteiger partial charge in [-0.1, -0.05) is 37.1 Å². The fraction of sp³-hybridized carbons (Fsp3) is 0.757. The first-order chi connectivity index (χ1) is 21.4. The zero-order valence-corrected chi connectivity index (χ0v) is 28.2. The maximum Gasteiger partial charge on any atom is 0.305 e. The molecule has 0 amide bonds. The van der Waals surface area contributed by atoms with Crippen molar-refractivity contribution in [2.24, 2.45) is 34.5 Å². The van der Waals surface area contributed by atoms with E-state index in [1.165, 1.54) is 52.2 Å². The third-order valence-corrected chi connectivity index (χ3v) is 12.1. The Bertz CT molecular complexity index is 1200. The summed E-state index contributed by atoms with van der Waals surface area (Å²) in [6, 6.07) is 0. The molecule has 0 aromatic rings. The van der Waals surface area contributed by atoms with Crippen molar-refractivity contribution < 1.29 is 38.1 Å². The number of rotatable bonds is 10. The third kappa shape index (κ3) is 7.27. The number of allylic oxidation sites excluding steroid dienone is 3. The summed E-state index contributed by atoms with van der Waals surface area (Å²) < 4.78 is 28.0. The number of methoxy groups -OCH3 is 1. The second-order valence-corrected chi connectivity index (χ2v) is 14.7. The molecule has 4 aliphatic carbocycles. The molecule has 8 nitrogen and oxygen atoms in total. The molecule has 0 radical (unpaired) electrons. The predicted molar refractivity (Wildman–Crippen MR) is 170 cm³/mol. The monoisotopic (exact) mass is 626 g/mol. The van der Waals surface area contributed by atoms with E-state index in [0.717, 1.165) is 50.4 Å². The lowest BCUT2D eigenvalue weighted by atomic mass is 9.47. The number of ether oxygens (including phenoxy) is 5. The van der Waals surface area contributed by atoms with Crippen LogP contribution in [0.25, 0.3) is 0 Å². The summed E-state index contributed by atoms with van der Waals surface area (Å²) in [7, 11) is 1.46. The molecule has 5 aliphatic rings. The van der Waals surface area contributed by atoms with Crippen LogP contribution in [0.1, 0.15) is 105 Å². The Morgan fingerprint density at radius 3 is 2.53 bits per heavy atom. The summed E-state index contributed by atoms with van der Waals surface area (Å²) in [6.07, 6.45) is 18.4. The molecule has 0 N–H and O–H groups in total. The van der Waals surface area contributed by atoms with Gasteiger partial charge in [-0.3, -0.25) is 14.4 Å². The van der Waals surface area contributed by atoms with Gasteiger partial charge < -0.3 is 23.7 Å². The molecule has 3 saturated carbocycles. The van der Waals surface area contributed by atoms with Gasteiger partial charge in [0.05, 0.1) is 13.2 Å². The second kappa shape index (κ2) is 14.1. The minimum absolute atomic E-state index is 0.0000934. The molecule has 8 heteroatoms. The van der Waals surface area contributed by atoms with Crippen molar-refractivity contribution in [1.29, 1.82) is 0 Å². The van der Waals surface area contributed by atoms with Crippen LogP contribution in [0.15, 0.2) is 35.5 Å². The maximum absolute atomic E-state index is 11.6. The van der Waals surface area contributed by atoms with Gasteiger partial charge in [-0.2, -0.15) is 0 Å². The lowest BCUT2D eigenvalue weighted by molar-refractivity contribution is -0.213. The molecule has 1 heterocycles. The molecule has 250 valence electrons. The van der Waals surface area contributed by atoms with E-state index in [-0.39, 0.29) is 24.1 Å². The normalized spacial score (nSPS) is 39.2. The maximum atomic E-state index is 11.6. The van der Waals surface area contributed by atoms with Gasteiger partial charge in [0.15, 0.2) is 6.29 Å². The van der Waals surface area contributed by atoms with E-state index in [9.17, 15) is 14.4 Å². The summed E-state index contributed by atoms with van der Waals surface area (Å²) >= 11 is 0. The average molecular weight is 627 g/mol. The first kappa shape index (κ1) is 33.9. The minimum atomic E-state index is -0.618. The highest BCUT2D eigenvalue weighted by Gasteiger charge is 2.58. The van der Waals surface area contributed by atoms with Crippen molar-refractivity contribution in [2.75, 3.05) is 13.7 Å². The van der Waals surface area contributed by atoms with Crippen LogP contribution < -0.4 is 0 Å². The highest BCUT2D eigenvalue weighted by molar-refractivity contribution is 5.69. The van der Waals surface area contributed by atoms with E-state index >= 15 is 0 Å². The molecule has 3 fully saturated rings. The Labute approximate surface area is 269 Å². The molecule has 0 saturated heterocycles. The largest absolute Gasteiger partial charge is 0.469 e. The van der Waals surface area contributed by atoms with Crippen molar-refractivity contribution in [1.82, 2.24) is 0 Å². The molecule has 0 aromatic heterocycles. The standard InChI is InChI=1S/C37H54O8/c1-23(9-7-8-10-34(40)41-6)29-13-14-30-28-12-11-26-21-27(17-19-36(26,4)31(28)18-20-37(29,30)5)44-35-16-15-32(43-25(3)39)33(45-35)22-42-24(2)38/h9,11,15-16,27-33,35H,7-8,10,12-14,17-22H2,1-6H3/b23-9+/t27-,28?,29+,30?,31?,32-,33+,35?,36-,37+/m0/s1. The molecule has 10 atom stereocenters. The molecule has 5 rings (SSSR count). The fourth-order valence-electron chi connectivity index (χ4n) is 9.84. The van der Waals surface area contributed by atoms with E-state index < -0.39 is 30.4 Å². The summed E-state index contributed by atoms with van der Waals surface area (Å²) in [5, 5.41) is 0. The van der Waals surface area contributed by atoms with Crippen LogP contribution in [0.2, 0.25) is 0 Å². The smallest absolute Gasteiger partial charge is 0.305 e. The summed E-state index contributed by atoms with van der Waals surface area (Å²) in [4.78, 5) is 34.5. The zero-order chi connectivity index (χ0) is 32.4. The van der Waals surface area contributed by atoms with Gasteiger partial charge in [-0.15, -0.1) is 0 Å². The van der Waals surface area contributed by atoms with E-state index in [0.29, 0.717) is 23.7 Å². The topological polar surface area (TPSA) is 97.4 Å². The van der Waals surface area contributed by atoms with Crippen molar-refractivity contribution in [3.63, 3.8) is 0 Å². The van der Waals surface area contributed by atoms with Gasteiger partial charge in [-0.05, 0) is 118 Å². The molecule has 1 aliphatic heterocycles. The van der Waals surface area contributed by atoms with Crippen LogP contribution in [0.4, 0.5) is 0 Å². The lowest BCUT2D eigenvalue weighted by Crippen LogP contribution is -2.51. The Balaban J connectivity index is 1.21. The Morgan fingerprint density at radius 2 is 1.80 bits per heavy atom. The molecule has 0 aromatic carbocycles. The number of hydrogen-bond donors (Lipinski definition) is 0. The predicted octanol–water partition coefficient (Wildman–Crippen LogP) is 7.02. The van der Waals surface area contributed by atoms with E-state index in [1.807, 2.05) is 6.08 Å². The average Bonchev–Trinajstić information content (AvgIpc) is 3.36. The Hall–Kier alpha value is -2.45. The summed E-state index contributed by atoms with van der Waals surface area (Å²) in [6.45, 7) is 10.1. The third-order valence-electron chi connectivity index (χ3n) is 12.1. The molecule has 45 heavy (non-hydrogen) atoms. The van der Waals surface area contributed by atoms with Crippen molar-refractivity contribution in [2.45, 2.75) is 130 Å². The van der Waals surface area contributed by atoms with E-state index in [1.54, 1.807) is 11.6 Å². The van der Waals surface area contributed by atoms with Crippen LogP contribution in [-0.4, -0.2) is 56.2 Å². The molecular formula is C37H54O8. The number of hydrogen-bond acceptors (Lipinski definition) is 8. The summed E-state index contributed by atoms with van der Waals surface area (Å²) in [5.74, 6) is 1.90. The van der Waals surface area contributed by atoms with Gasteiger partial charge >= 0.3 is 17.9 Å². The SMILES string of the molecule is COC(=O)CCC/C=C(\C)[C@H]1CCC2C3CC=C4C[C@@H](OC5C=C[C@H](OC(C)=O)[C@@H](COC(C)=O)O5)CC[C@]4(C)C3CC[C@@]21C. The van der Waals surface area contributed by atoms with Crippen molar-refractivity contribution in [3.8, 4) is 0 Å². The molecule has 0 spiro atoms. The van der Waals surface area contributed by atoms with E-state index in [2.05, 4.69) is 32.9 Å². The molecular weight excluding hydrogens is 572 g/mol. The van der Waals surface area contributed by atoms with Crippen LogP contribution in [0.5, 0.6) is 0 Å². The first-order valence-electron chi connectivity index (χ1n) is 17.2. The highest BCUT2D eigenvalue weighted by Crippen LogP contribution is 2.67. The minimum Gasteiger partial charge on any atom is -0.469 e. The van der Waals surface area contributed by atoms with E-state index in [4.69, 9.17) is 23.7 Å². The van der Waals surface area contributed by atoms with Crippen LogP contribution in [-0.2, 0) is 38.1 Å². The lowest BCUT2D eigenvalue weighted by Gasteiger charge is -2.58. The van der Waals surface area contributed by atoms with Gasteiger partial charge in [0.1, 0.15) is 18.8 Å². The number of carbonyl (C=O) groups excluding carboxylic acids is 3. The van der Waals surface area contributed by atoms with Gasteiger partial charge in [0.2, 0.25) is 0 Å². The molecule has 0 bridgehead atoms. The quantitative estimate of drug-likeness (QED) is 0.111. The number of esters is 3. The van der Waals surface area contributed by atoms with Crippen molar-refractivity contribution >= 4 is 17.9 Å². The number of fused-ring (bicyclic) bond motifs is 5. The van der Waals surface area contributed by atoms with Crippen LogP contribution in [0, 0.1) is 34.5 Å². The molecule has 4 unspecified atom stereocenters. The Kier molecular flexibility index (Phi) is 10.6. The van der Waals surface area contributed by atoms with Crippen molar-refractivity contribution in [3.05, 3.63) is 35.5 Å². The van der Waals surface area contributed by atoms with Gasteiger partial charge in [0.25, 0.3) is 0 Å². The first-order valence-corrected chi connectivity index (χ1v) is 17.2. The summed E-state index contributed by atoms with van der Waals surface area (Å²) in [5.41, 5.74) is 3.63. The number of carbonyl (C=O) groups is 3. The van der Waals surface area contributed by atoms with Gasteiger partial charge in [-0.25, -0.2) is 0 Å². The number of unbranched alkanes of at least 4 members (excludes halogenated alkanes) is 1. The zero-order valence-electron chi connectivity index (χ0n) is 28.2. The fourth-order valence-corrected chi connectivity index (χ4v) is 9.84.